The average molecular weight is 306 g/mol. The Labute approximate surface area is 120 Å². The molecule has 0 unspecified atom stereocenters. The molecule has 7 heteroatoms. The fourth-order valence-electron chi connectivity index (χ4n) is 1.57. The lowest BCUT2D eigenvalue weighted by Crippen LogP contribution is -2.02. The maximum atomic E-state index is 6.02. The molecule has 0 bridgehead atoms. The van der Waals surface area contributed by atoms with Crippen molar-refractivity contribution < 1.29 is 0 Å². The largest absolute Gasteiger partial charge is 0.365 e. The summed E-state index contributed by atoms with van der Waals surface area (Å²) >= 11 is 17.7. The van der Waals surface area contributed by atoms with Crippen molar-refractivity contribution >= 4 is 40.6 Å². The van der Waals surface area contributed by atoms with Crippen molar-refractivity contribution in [1.82, 2.24) is 14.8 Å². The van der Waals surface area contributed by atoms with Crippen LogP contribution < -0.4 is 5.32 Å². The molecule has 0 aliphatic rings. The Bertz CT molecular complexity index is 580. The van der Waals surface area contributed by atoms with Gasteiger partial charge in [-0.15, -0.1) is 0 Å². The van der Waals surface area contributed by atoms with Crippen molar-refractivity contribution in [2.24, 2.45) is 7.05 Å². The first-order chi connectivity index (χ1) is 8.47. The zero-order valence-electron chi connectivity index (χ0n) is 9.84. The van der Waals surface area contributed by atoms with E-state index in [-0.39, 0.29) is 5.15 Å². The van der Waals surface area contributed by atoms with Gasteiger partial charge < -0.3 is 5.32 Å². The molecule has 0 fully saturated rings. The standard InChI is InChI=1S/C11H11Cl3N4/c1-6-7(5-18(2)17-6)4-15-11-9(13)3-8(12)10(14)16-11/h3,5H,4H2,1-2H3,(H,15,16). The molecule has 2 aromatic rings. The summed E-state index contributed by atoms with van der Waals surface area (Å²) in [6, 6.07) is 1.57. The van der Waals surface area contributed by atoms with E-state index in [1.165, 1.54) is 0 Å². The molecule has 0 atom stereocenters. The van der Waals surface area contributed by atoms with Gasteiger partial charge in [-0.3, -0.25) is 4.68 Å². The molecule has 2 heterocycles. The number of aryl methyl sites for hydroxylation is 2. The van der Waals surface area contributed by atoms with E-state index in [0.29, 0.717) is 22.4 Å². The van der Waals surface area contributed by atoms with Crippen LogP contribution >= 0.6 is 34.8 Å². The van der Waals surface area contributed by atoms with Gasteiger partial charge in [0.1, 0.15) is 11.0 Å². The number of rotatable bonds is 3. The highest BCUT2D eigenvalue weighted by molar-refractivity contribution is 6.42. The molecule has 0 aliphatic carbocycles. The second-order valence-electron chi connectivity index (χ2n) is 3.86. The van der Waals surface area contributed by atoms with Crippen molar-refractivity contribution in [3.63, 3.8) is 0 Å². The van der Waals surface area contributed by atoms with E-state index in [4.69, 9.17) is 34.8 Å². The fraction of sp³-hybridized carbons (Fsp3) is 0.273. The quantitative estimate of drug-likeness (QED) is 0.879. The first kappa shape index (κ1) is 13.5. The van der Waals surface area contributed by atoms with Crippen LogP contribution in [0.25, 0.3) is 0 Å². The molecule has 0 saturated heterocycles. The molecule has 0 radical (unpaired) electrons. The minimum atomic E-state index is 0.228. The van der Waals surface area contributed by atoms with Crippen molar-refractivity contribution in [3.05, 3.63) is 38.7 Å². The smallest absolute Gasteiger partial charge is 0.150 e. The van der Waals surface area contributed by atoms with Crippen LogP contribution in [0.3, 0.4) is 0 Å². The molecule has 2 rings (SSSR count). The van der Waals surface area contributed by atoms with Gasteiger partial charge in [-0.1, -0.05) is 34.8 Å². The van der Waals surface area contributed by atoms with Gasteiger partial charge in [-0.2, -0.15) is 5.10 Å². The zero-order valence-corrected chi connectivity index (χ0v) is 12.1. The summed E-state index contributed by atoms with van der Waals surface area (Å²) < 4.78 is 1.76. The number of anilines is 1. The summed E-state index contributed by atoms with van der Waals surface area (Å²) in [4.78, 5) is 4.09. The van der Waals surface area contributed by atoms with Gasteiger partial charge >= 0.3 is 0 Å². The summed E-state index contributed by atoms with van der Waals surface area (Å²) in [6.07, 6.45) is 1.94. The second-order valence-corrected chi connectivity index (χ2v) is 5.03. The molecule has 96 valence electrons. The Morgan fingerprint density at radius 2 is 2.00 bits per heavy atom. The van der Waals surface area contributed by atoms with Crippen LogP contribution in [-0.2, 0) is 13.6 Å². The van der Waals surface area contributed by atoms with Gasteiger partial charge in [0.25, 0.3) is 0 Å². The van der Waals surface area contributed by atoms with Crippen LogP contribution in [-0.4, -0.2) is 14.8 Å². The monoisotopic (exact) mass is 304 g/mol. The Hall–Kier alpha value is -0.970. The van der Waals surface area contributed by atoms with Crippen LogP contribution in [0, 0.1) is 6.92 Å². The summed E-state index contributed by atoms with van der Waals surface area (Å²) in [5.41, 5.74) is 2.03. The molecule has 18 heavy (non-hydrogen) atoms. The van der Waals surface area contributed by atoms with Crippen molar-refractivity contribution in [3.8, 4) is 0 Å². The van der Waals surface area contributed by atoms with Crippen LogP contribution in [0.2, 0.25) is 15.2 Å². The van der Waals surface area contributed by atoms with E-state index >= 15 is 0 Å². The lowest BCUT2D eigenvalue weighted by Gasteiger charge is -2.07. The molecule has 2 aromatic heterocycles. The maximum absolute atomic E-state index is 6.02. The average Bonchev–Trinajstić information content (AvgIpc) is 2.61. The topological polar surface area (TPSA) is 42.7 Å². The molecular weight excluding hydrogens is 295 g/mol. The van der Waals surface area contributed by atoms with Crippen molar-refractivity contribution in [1.29, 1.82) is 0 Å². The molecule has 0 amide bonds. The van der Waals surface area contributed by atoms with Gasteiger partial charge in [0, 0.05) is 25.4 Å². The molecule has 0 saturated carbocycles. The third-order valence-electron chi connectivity index (χ3n) is 2.45. The van der Waals surface area contributed by atoms with Crippen LogP contribution in [0.1, 0.15) is 11.3 Å². The van der Waals surface area contributed by atoms with E-state index in [0.717, 1.165) is 11.3 Å². The fourth-order valence-corrected chi connectivity index (χ4v) is 2.13. The Balaban J connectivity index is 2.15. The number of aromatic nitrogens is 3. The minimum absolute atomic E-state index is 0.228. The predicted molar refractivity (Wildman–Crippen MR) is 74.5 cm³/mol. The van der Waals surface area contributed by atoms with Crippen molar-refractivity contribution in [2.75, 3.05) is 5.32 Å². The first-order valence-corrected chi connectivity index (χ1v) is 6.35. The van der Waals surface area contributed by atoms with E-state index in [2.05, 4.69) is 15.4 Å². The van der Waals surface area contributed by atoms with Crippen molar-refractivity contribution in [2.45, 2.75) is 13.5 Å². The summed E-state index contributed by atoms with van der Waals surface area (Å²) in [6.45, 7) is 2.52. The highest BCUT2D eigenvalue weighted by Gasteiger charge is 2.09. The zero-order chi connectivity index (χ0) is 13.3. The number of nitrogens with one attached hydrogen (secondary N) is 1. The number of hydrogen-bond acceptors (Lipinski definition) is 3. The van der Waals surface area contributed by atoms with Gasteiger partial charge in [0.15, 0.2) is 0 Å². The second kappa shape index (κ2) is 5.34. The molecule has 1 N–H and O–H groups in total. The van der Waals surface area contributed by atoms with Gasteiger partial charge in [-0.25, -0.2) is 4.98 Å². The van der Waals surface area contributed by atoms with E-state index in [1.54, 1.807) is 10.7 Å². The van der Waals surface area contributed by atoms with Gasteiger partial charge in [0.2, 0.25) is 0 Å². The van der Waals surface area contributed by atoms with E-state index in [1.807, 2.05) is 20.2 Å². The predicted octanol–water partition coefficient (Wildman–Crippen LogP) is 3.70. The molecule has 0 aromatic carbocycles. The number of halogens is 3. The van der Waals surface area contributed by atoms with Crippen LogP contribution in [0.4, 0.5) is 5.82 Å². The van der Waals surface area contributed by atoms with Gasteiger partial charge in [-0.05, 0) is 13.0 Å². The molecular formula is C11H11Cl3N4. The van der Waals surface area contributed by atoms with Gasteiger partial charge in [0.05, 0.1) is 15.7 Å². The molecule has 0 spiro atoms. The maximum Gasteiger partial charge on any atom is 0.150 e. The summed E-state index contributed by atoms with van der Waals surface area (Å²) in [5.74, 6) is 0.509. The lowest BCUT2D eigenvalue weighted by molar-refractivity contribution is 0.756. The summed E-state index contributed by atoms with van der Waals surface area (Å²) in [7, 11) is 1.88. The Morgan fingerprint density at radius 3 is 2.61 bits per heavy atom. The third kappa shape index (κ3) is 2.88. The summed E-state index contributed by atoms with van der Waals surface area (Å²) in [5, 5.41) is 8.37. The third-order valence-corrected chi connectivity index (χ3v) is 3.41. The Kier molecular flexibility index (Phi) is 4.00. The number of hydrogen-bond donors (Lipinski definition) is 1. The normalized spacial score (nSPS) is 10.7. The minimum Gasteiger partial charge on any atom is -0.365 e. The first-order valence-electron chi connectivity index (χ1n) is 5.22. The number of nitrogens with zero attached hydrogens (tertiary/aromatic N) is 3. The van der Waals surface area contributed by atoms with Crippen LogP contribution in [0.5, 0.6) is 0 Å². The molecule has 0 aliphatic heterocycles. The SMILES string of the molecule is Cc1nn(C)cc1CNc1nc(Cl)c(Cl)cc1Cl. The highest BCUT2D eigenvalue weighted by atomic mass is 35.5. The van der Waals surface area contributed by atoms with Crippen LogP contribution in [0.15, 0.2) is 12.3 Å². The number of pyridine rings is 1. The highest BCUT2D eigenvalue weighted by Crippen LogP contribution is 2.29. The molecule has 4 nitrogen and oxygen atoms in total. The lowest BCUT2D eigenvalue weighted by atomic mass is 10.2. The van der Waals surface area contributed by atoms with E-state index in [9.17, 15) is 0 Å². The van der Waals surface area contributed by atoms with E-state index < -0.39 is 0 Å². The Morgan fingerprint density at radius 1 is 1.28 bits per heavy atom.